The second-order valence-corrected chi connectivity index (χ2v) is 4.56. The summed E-state index contributed by atoms with van der Waals surface area (Å²) in [7, 11) is 0. The van der Waals surface area contributed by atoms with Gasteiger partial charge in [0.1, 0.15) is 0 Å². The maximum atomic E-state index is 12.4. The quantitative estimate of drug-likeness (QED) is 0.483. The lowest BCUT2D eigenvalue weighted by molar-refractivity contribution is -0.683. The van der Waals surface area contributed by atoms with Gasteiger partial charge in [0.05, 0.1) is 5.52 Å². The number of nitrogens with zero attached hydrogens (tertiary/aromatic N) is 1. The number of benzene rings is 1. The number of nitrogens with one attached hydrogen (secondary N) is 1. The molecule has 1 aromatic carbocycles. The molecule has 106 valence electrons. The molecule has 4 nitrogen and oxygen atoms in total. The maximum Gasteiger partial charge on any atom is 0.248 e. The van der Waals surface area contributed by atoms with Crippen LogP contribution in [-0.4, -0.2) is 10.8 Å². The van der Waals surface area contributed by atoms with Gasteiger partial charge in [-0.05, 0) is 17.5 Å². The zero-order chi connectivity index (χ0) is 13.9. The van der Waals surface area contributed by atoms with Gasteiger partial charge in [-0.25, -0.2) is 0 Å². The molecule has 0 aliphatic carbocycles. The molecule has 5 heteroatoms. The molecule has 0 saturated heterocycles. The first kappa shape index (κ1) is 14.9. The van der Waals surface area contributed by atoms with Gasteiger partial charge in [0.25, 0.3) is 0 Å². The van der Waals surface area contributed by atoms with Crippen molar-refractivity contribution in [1.82, 2.24) is 4.98 Å². The summed E-state index contributed by atoms with van der Waals surface area (Å²) < 4.78 is 1.81. The number of hydrogen-bond donors (Lipinski definition) is 1. The van der Waals surface area contributed by atoms with Crippen LogP contribution in [0.15, 0.2) is 65.7 Å². The topological polar surface area (TPSA) is 53.8 Å². The van der Waals surface area contributed by atoms with E-state index in [1.54, 1.807) is 12.1 Å². The summed E-state index contributed by atoms with van der Waals surface area (Å²) in [5.41, 5.74) is 0.934. The molecule has 0 aliphatic rings. The van der Waals surface area contributed by atoms with Crippen LogP contribution in [-0.2, 0) is 6.54 Å². The van der Waals surface area contributed by atoms with Crippen molar-refractivity contribution in [3.63, 3.8) is 0 Å². The van der Waals surface area contributed by atoms with Crippen LogP contribution in [0.1, 0.15) is 10.4 Å². The van der Waals surface area contributed by atoms with Crippen molar-refractivity contribution in [2.24, 2.45) is 0 Å². The summed E-state index contributed by atoms with van der Waals surface area (Å²) >= 11 is 0. The normalized spacial score (nSPS) is 10.1. The van der Waals surface area contributed by atoms with E-state index in [9.17, 15) is 9.59 Å². The number of aromatic amines is 1. The smallest absolute Gasteiger partial charge is 0.248 e. The van der Waals surface area contributed by atoms with E-state index in [1.165, 1.54) is 6.07 Å². The van der Waals surface area contributed by atoms with E-state index in [2.05, 4.69) is 4.98 Å². The number of pyridine rings is 2. The van der Waals surface area contributed by atoms with Crippen molar-refractivity contribution in [3.05, 3.63) is 76.8 Å². The van der Waals surface area contributed by atoms with Crippen LogP contribution in [0.4, 0.5) is 0 Å². The molecule has 0 radical (unpaired) electrons. The second kappa shape index (κ2) is 6.33. The summed E-state index contributed by atoms with van der Waals surface area (Å²) in [5, 5.41) is 0.855. The first-order chi connectivity index (χ1) is 9.74. The van der Waals surface area contributed by atoms with Crippen LogP contribution >= 0.6 is 0 Å². The fourth-order valence-electron chi connectivity index (χ4n) is 2.20. The third-order valence-electron chi connectivity index (χ3n) is 3.16. The zero-order valence-corrected chi connectivity index (χ0v) is 11.9. The van der Waals surface area contributed by atoms with E-state index in [0.717, 1.165) is 5.39 Å². The largest absolute Gasteiger partial charge is 1.00 e. The maximum absolute atomic E-state index is 12.4. The van der Waals surface area contributed by atoms with E-state index in [-0.39, 0.29) is 30.3 Å². The highest BCUT2D eigenvalue weighted by atomic mass is 35.5. The average molecular weight is 301 g/mol. The minimum absolute atomic E-state index is 0. The average Bonchev–Trinajstić information content (AvgIpc) is 2.47. The number of carbonyl (C=O) groups is 1. The van der Waals surface area contributed by atoms with Gasteiger partial charge in [-0.1, -0.05) is 18.2 Å². The molecule has 2 aromatic heterocycles. The minimum atomic E-state index is -0.204. The summed E-state index contributed by atoms with van der Waals surface area (Å²) in [6.45, 7) is 0.247. The second-order valence-electron chi connectivity index (χ2n) is 4.56. The van der Waals surface area contributed by atoms with Gasteiger partial charge in [-0.15, -0.1) is 0 Å². The molecule has 1 N–H and O–H groups in total. The van der Waals surface area contributed by atoms with Crippen molar-refractivity contribution in [2.75, 3.05) is 0 Å². The first-order valence-electron chi connectivity index (χ1n) is 6.33. The highest BCUT2D eigenvalue weighted by molar-refractivity contribution is 6.05. The Morgan fingerprint density at radius 2 is 1.76 bits per heavy atom. The summed E-state index contributed by atoms with van der Waals surface area (Å²) in [6, 6.07) is 14.3. The van der Waals surface area contributed by atoms with Gasteiger partial charge in [-0.3, -0.25) is 9.59 Å². The van der Waals surface area contributed by atoms with E-state index in [0.29, 0.717) is 11.1 Å². The van der Waals surface area contributed by atoms with Gasteiger partial charge in [-0.2, -0.15) is 4.57 Å². The highest BCUT2D eigenvalue weighted by Crippen LogP contribution is 2.15. The lowest BCUT2D eigenvalue weighted by atomic mass is 10.1. The van der Waals surface area contributed by atoms with Crippen LogP contribution in [0, 0.1) is 0 Å². The number of fused-ring (bicyclic) bond motifs is 1. The Hall–Kier alpha value is -2.46. The number of para-hydroxylation sites is 1. The summed E-state index contributed by atoms with van der Waals surface area (Å²) in [4.78, 5) is 26.6. The van der Waals surface area contributed by atoms with Crippen LogP contribution in [0.5, 0.6) is 0 Å². The Bertz CT molecular complexity index is 828. The molecule has 3 rings (SSSR count). The van der Waals surface area contributed by atoms with Gasteiger partial charge in [0.15, 0.2) is 12.4 Å². The molecular formula is C16H13ClN2O2. The Morgan fingerprint density at radius 3 is 2.52 bits per heavy atom. The van der Waals surface area contributed by atoms with Crippen molar-refractivity contribution in [3.8, 4) is 0 Å². The van der Waals surface area contributed by atoms with Crippen molar-refractivity contribution >= 4 is 16.7 Å². The lowest BCUT2D eigenvalue weighted by Crippen LogP contribution is -3.00. The molecule has 0 atom stereocenters. The predicted molar refractivity (Wildman–Crippen MR) is 75.5 cm³/mol. The van der Waals surface area contributed by atoms with Crippen molar-refractivity contribution in [1.29, 1.82) is 0 Å². The first-order valence-corrected chi connectivity index (χ1v) is 6.33. The number of ketones is 1. The standard InChI is InChI=1S/C16H12N2O2.ClH/c19-14(11-18-9-2-1-3-10-18)13-6-4-5-12-7-8-15(20)17-16(12)13;/h1-10H,11H2;1H. The van der Waals surface area contributed by atoms with Crippen LogP contribution in [0.3, 0.4) is 0 Å². The SMILES string of the molecule is O=C(C[n+]1ccccc1)c1cccc2ccc(=O)[nH]c12.[Cl-]. The fraction of sp³-hybridized carbons (Fsp3) is 0.0625. The monoisotopic (exact) mass is 300 g/mol. The Balaban J connectivity index is 0.00000161. The van der Waals surface area contributed by atoms with Gasteiger partial charge in [0, 0.05) is 23.8 Å². The number of aromatic nitrogens is 2. The number of H-pyrrole nitrogens is 1. The third-order valence-corrected chi connectivity index (χ3v) is 3.16. The predicted octanol–water partition coefficient (Wildman–Crippen LogP) is -1.30. The zero-order valence-electron chi connectivity index (χ0n) is 11.1. The molecule has 0 fully saturated rings. The van der Waals surface area contributed by atoms with Crippen molar-refractivity contribution in [2.45, 2.75) is 6.54 Å². The molecule has 0 spiro atoms. The van der Waals surface area contributed by atoms with E-state index in [1.807, 2.05) is 47.3 Å². The van der Waals surface area contributed by atoms with Crippen LogP contribution in [0.25, 0.3) is 10.9 Å². The Labute approximate surface area is 127 Å². The van der Waals surface area contributed by atoms with Crippen molar-refractivity contribution < 1.29 is 21.8 Å². The molecule has 0 amide bonds. The van der Waals surface area contributed by atoms with E-state index >= 15 is 0 Å². The Morgan fingerprint density at radius 1 is 1.00 bits per heavy atom. The fourth-order valence-corrected chi connectivity index (χ4v) is 2.20. The van der Waals surface area contributed by atoms with Gasteiger partial charge in [0.2, 0.25) is 17.9 Å². The number of carbonyl (C=O) groups excluding carboxylic acids is 1. The van der Waals surface area contributed by atoms with E-state index in [4.69, 9.17) is 0 Å². The number of halogens is 1. The Kier molecular flexibility index (Phi) is 4.50. The molecule has 3 aromatic rings. The number of rotatable bonds is 3. The van der Waals surface area contributed by atoms with Crippen LogP contribution in [0.2, 0.25) is 0 Å². The highest BCUT2D eigenvalue weighted by Gasteiger charge is 2.15. The van der Waals surface area contributed by atoms with Gasteiger partial charge < -0.3 is 17.4 Å². The van der Waals surface area contributed by atoms with Crippen LogP contribution < -0.4 is 22.5 Å². The summed E-state index contributed by atoms with van der Waals surface area (Å²) in [6.07, 6.45) is 3.68. The molecule has 0 bridgehead atoms. The number of Topliss-reactive ketones (excluding diaryl/α,β-unsaturated/α-hetero) is 1. The lowest BCUT2D eigenvalue weighted by Gasteiger charge is -2.03. The summed E-state index contributed by atoms with van der Waals surface area (Å²) in [5.74, 6) is -0.0337. The third kappa shape index (κ3) is 3.17. The molecule has 0 saturated carbocycles. The van der Waals surface area contributed by atoms with E-state index < -0.39 is 0 Å². The molecule has 0 unspecified atom stereocenters. The molecular weight excluding hydrogens is 288 g/mol. The number of hydrogen-bond acceptors (Lipinski definition) is 2. The van der Waals surface area contributed by atoms with Gasteiger partial charge >= 0.3 is 0 Å². The molecule has 21 heavy (non-hydrogen) atoms. The molecule has 2 heterocycles. The molecule has 0 aliphatic heterocycles. The minimum Gasteiger partial charge on any atom is -1.00 e.